The zero-order chi connectivity index (χ0) is 8.10. The van der Waals surface area contributed by atoms with Gasteiger partial charge in [-0.3, -0.25) is 0 Å². The van der Waals surface area contributed by atoms with Crippen molar-refractivity contribution in [2.24, 2.45) is 0 Å². The Kier molecular flexibility index (Phi) is 3.23. The molecule has 2 nitrogen and oxygen atoms in total. The summed E-state index contributed by atoms with van der Waals surface area (Å²) in [5.74, 6) is 0. The molecule has 0 atom stereocenters. The van der Waals surface area contributed by atoms with E-state index in [1.165, 1.54) is 4.88 Å². The van der Waals surface area contributed by atoms with Crippen LogP contribution >= 0.6 is 11.3 Å². The summed E-state index contributed by atoms with van der Waals surface area (Å²) in [5.41, 5.74) is 0. The Labute approximate surface area is 70.3 Å². The van der Waals surface area contributed by atoms with Gasteiger partial charge in [-0.15, -0.1) is 11.3 Å². The van der Waals surface area contributed by atoms with Crippen LogP contribution in [0.25, 0.3) is 0 Å². The quantitative estimate of drug-likeness (QED) is 0.509. The maximum Gasteiger partial charge on any atom is 0.120 e. The van der Waals surface area contributed by atoms with E-state index in [0.717, 1.165) is 24.1 Å². The summed E-state index contributed by atoms with van der Waals surface area (Å²) in [6, 6.07) is 0. The summed E-state index contributed by atoms with van der Waals surface area (Å²) in [5, 5.41) is 1.10. The van der Waals surface area contributed by atoms with Crippen LogP contribution in [0.4, 0.5) is 0 Å². The van der Waals surface area contributed by atoms with Crippen molar-refractivity contribution in [3.8, 4) is 0 Å². The summed E-state index contributed by atoms with van der Waals surface area (Å²) in [7, 11) is 0. The molecular formula is C8H11NOS. The summed E-state index contributed by atoms with van der Waals surface area (Å²) in [6.07, 6.45) is 5.46. The molecular weight excluding hydrogens is 158 g/mol. The number of aryl methyl sites for hydroxylation is 2. The van der Waals surface area contributed by atoms with Crippen LogP contribution in [0.2, 0.25) is 0 Å². The summed E-state index contributed by atoms with van der Waals surface area (Å²) in [4.78, 5) is 15.4. The smallest absolute Gasteiger partial charge is 0.120 e. The number of aldehydes is 1. The molecule has 1 heterocycles. The van der Waals surface area contributed by atoms with Gasteiger partial charge in [0.25, 0.3) is 0 Å². The van der Waals surface area contributed by atoms with Gasteiger partial charge in [0.1, 0.15) is 6.29 Å². The zero-order valence-corrected chi connectivity index (χ0v) is 7.36. The Morgan fingerprint density at radius 3 is 3.09 bits per heavy atom. The Morgan fingerprint density at radius 2 is 2.55 bits per heavy atom. The van der Waals surface area contributed by atoms with Crippen LogP contribution in [0.15, 0.2) is 6.20 Å². The van der Waals surface area contributed by atoms with Crippen LogP contribution in [-0.2, 0) is 11.2 Å². The highest BCUT2D eigenvalue weighted by atomic mass is 32.1. The summed E-state index contributed by atoms with van der Waals surface area (Å²) in [6.45, 7) is 1.99. The van der Waals surface area contributed by atoms with Gasteiger partial charge in [0, 0.05) is 17.5 Å². The Bertz CT molecular complexity index is 232. The van der Waals surface area contributed by atoms with Crippen LogP contribution < -0.4 is 0 Å². The fourth-order valence-corrected chi connectivity index (χ4v) is 1.72. The van der Waals surface area contributed by atoms with Gasteiger partial charge in [0.15, 0.2) is 0 Å². The molecule has 0 saturated carbocycles. The maximum absolute atomic E-state index is 9.99. The second-order valence-electron chi connectivity index (χ2n) is 2.40. The SMILES string of the molecule is Cc1ncc(CCCC=O)s1. The number of nitrogens with zero attached hydrogens (tertiary/aromatic N) is 1. The van der Waals surface area contributed by atoms with E-state index in [4.69, 9.17) is 0 Å². The lowest BCUT2D eigenvalue weighted by Gasteiger charge is -1.89. The Morgan fingerprint density at radius 1 is 1.73 bits per heavy atom. The van der Waals surface area contributed by atoms with Crippen molar-refractivity contribution in [3.05, 3.63) is 16.1 Å². The second-order valence-corrected chi connectivity index (χ2v) is 3.72. The molecule has 60 valence electrons. The highest BCUT2D eigenvalue weighted by Crippen LogP contribution is 2.13. The minimum Gasteiger partial charge on any atom is -0.303 e. The molecule has 3 heteroatoms. The molecule has 0 aromatic carbocycles. The van der Waals surface area contributed by atoms with Crippen LogP contribution in [0.3, 0.4) is 0 Å². The number of carbonyl (C=O) groups excluding carboxylic acids is 1. The lowest BCUT2D eigenvalue weighted by molar-refractivity contribution is -0.107. The number of unbranched alkanes of at least 4 members (excludes halogenated alkanes) is 1. The van der Waals surface area contributed by atoms with Crippen molar-refractivity contribution in [3.63, 3.8) is 0 Å². The minimum atomic E-state index is 0.664. The molecule has 0 unspecified atom stereocenters. The first-order valence-corrected chi connectivity index (χ1v) is 4.49. The molecule has 1 aromatic heterocycles. The van der Waals surface area contributed by atoms with E-state index in [9.17, 15) is 4.79 Å². The number of hydrogen-bond donors (Lipinski definition) is 0. The molecule has 0 aliphatic rings. The van der Waals surface area contributed by atoms with E-state index in [1.54, 1.807) is 11.3 Å². The highest BCUT2D eigenvalue weighted by molar-refractivity contribution is 7.11. The number of aromatic nitrogens is 1. The molecule has 0 aliphatic carbocycles. The molecule has 0 amide bonds. The first kappa shape index (κ1) is 8.40. The van der Waals surface area contributed by atoms with Gasteiger partial charge in [0.2, 0.25) is 0 Å². The topological polar surface area (TPSA) is 30.0 Å². The normalized spacial score (nSPS) is 9.91. The molecule has 0 fully saturated rings. The molecule has 0 bridgehead atoms. The lowest BCUT2D eigenvalue weighted by Crippen LogP contribution is -1.80. The van der Waals surface area contributed by atoms with Crippen molar-refractivity contribution in [2.45, 2.75) is 26.2 Å². The van der Waals surface area contributed by atoms with Gasteiger partial charge >= 0.3 is 0 Å². The van der Waals surface area contributed by atoms with Crippen molar-refractivity contribution in [1.82, 2.24) is 4.98 Å². The first-order chi connectivity index (χ1) is 5.33. The van der Waals surface area contributed by atoms with Gasteiger partial charge in [0.05, 0.1) is 5.01 Å². The third-order valence-corrected chi connectivity index (χ3v) is 2.39. The molecule has 0 aliphatic heterocycles. The summed E-state index contributed by atoms with van der Waals surface area (Å²) >= 11 is 1.71. The van der Waals surface area contributed by atoms with Crippen LogP contribution in [0.5, 0.6) is 0 Å². The zero-order valence-electron chi connectivity index (χ0n) is 6.54. The average Bonchev–Trinajstić information content (AvgIpc) is 2.37. The van der Waals surface area contributed by atoms with Crippen LogP contribution in [-0.4, -0.2) is 11.3 Å². The minimum absolute atomic E-state index is 0.664. The average molecular weight is 169 g/mol. The van der Waals surface area contributed by atoms with Gasteiger partial charge in [-0.1, -0.05) is 0 Å². The third-order valence-electron chi connectivity index (χ3n) is 1.41. The molecule has 0 spiro atoms. The van der Waals surface area contributed by atoms with Crippen LogP contribution in [0.1, 0.15) is 22.7 Å². The molecule has 1 aromatic rings. The highest BCUT2D eigenvalue weighted by Gasteiger charge is 1.96. The number of carbonyl (C=O) groups is 1. The molecule has 0 N–H and O–H groups in total. The van der Waals surface area contributed by atoms with Crippen molar-refractivity contribution < 1.29 is 4.79 Å². The first-order valence-electron chi connectivity index (χ1n) is 3.68. The van der Waals surface area contributed by atoms with Gasteiger partial charge in [-0.05, 0) is 19.8 Å². The predicted octanol–water partition coefficient (Wildman–Crippen LogP) is 1.97. The van der Waals surface area contributed by atoms with Gasteiger partial charge in [-0.2, -0.15) is 0 Å². The van der Waals surface area contributed by atoms with E-state index in [1.807, 2.05) is 13.1 Å². The molecule has 0 radical (unpaired) electrons. The number of thiazole rings is 1. The second kappa shape index (κ2) is 4.23. The van der Waals surface area contributed by atoms with Crippen molar-refractivity contribution in [1.29, 1.82) is 0 Å². The number of rotatable bonds is 4. The van der Waals surface area contributed by atoms with E-state index in [-0.39, 0.29) is 0 Å². The predicted molar refractivity (Wildman–Crippen MR) is 45.9 cm³/mol. The third kappa shape index (κ3) is 2.80. The Hall–Kier alpha value is -0.700. The van der Waals surface area contributed by atoms with Crippen molar-refractivity contribution >= 4 is 17.6 Å². The Balaban J connectivity index is 2.32. The molecule has 0 saturated heterocycles. The van der Waals surface area contributed by atoms with E-state index in [0.29, 0.717) is 6.42 Å². The van der Waals surface area contributed by atoms with Gasteiger partial charge < -0.3 is 4.79 Å². The van der Waals surface area contributed by atoms with E-state index < -0.39 is 0 Å². The van der Waals surface area contributed by atoms with Crippen LogP contribution in [0, 0.1) is 6.92 Å². The largest absolute Gasteiger partial charge is 0.303 e. The van der Waals surface area contributed by atoms with Gasteiger partial charge in [-0.25, -0.2) is 4.98 Å². The standard InChI is InChI=1S/C8H11NOS/c1-7-9-6-8(11-7)4-2-3-5-10/h5-6H,2-4H2,1H3. The fourth-order valence-electron chi connectivity index (χ4n) is 0.881. The molecule has 11 heavy (non-hydrogen) atoms. The van der Waals surface area contributed by atoms with E-state index in [2.05, 4.69) is 4.98 Å². The molecule has 1 rings (SSSR count). The summed E-state index contributed by atoms with van der Waals surface area (Å²) < 4.78 is 0. The monoisotopic (exact) mass is 169 g/mol. The lowest BCUT2D eigenvalue weighted by atomic mass is 10.2. The van der Waals surface area contributed by atoms with E-state index >= 15 is 0 Å². The van der Waals surface area contributed by atoms with Crippen molar-refractivity contribution in [2.75, 3.05) is 0 Å². The fraction of sp³-hybridized carbons (Fsp3) is 0.500. The number of hydrogen-bond acceptors (Lipinski definition) is 3. The maximum atomic E-state index is 9.99.